The third-order valence-electron chi connectivity index (χ3n) is 4.91. The summed E-state index contributed by atoms with van der Waals surface area (Å²) < 4.78 is 27.4. The van der Waals surface area contributed by atoms with Crippen LogP contribution in [0, 0.1) is 24.7 Å². The van der Waals surface area contributed by atoms with Gasteiger partial charge in [-0.3, -0.25) is 5.10 Å². The molecule has 1 aromatic heterocycles. The number of H-pyrrole nitrogens is 1. The summed E-state index contributed by atoms with van der Waals surface area (Å²) in [6.45, 7) is 2.48. The van der Waals surface area contributed by atoms with Crippen molar-refractivity contribution in [3.63, 3.8) is 0 Å². The van der Waals surface area contributed by atoms with Crippen LogP contribution >= 0.6 is 0 Å². The van der Waals surface area contributed by atoms with Gasteiger partial charge in [0, 0.05) is 24.3 Å². The minimum Gasteiger partial charge on any atom is -0.326 e. The lowest BCUT2D eigenvalue weighted by atomic mass is 9.89. The van der Waals surface area contributed by atoms with Crippen molar-refractivity contribution in [2.24, 2.45) is 23.5 Å². The first kappa shape index (κ1) is 14.0. The van der Waals surface area contributed by atoms with Crippen molar-refractivity contribution >= 4 is 10.0 Å². The molecule has 0 radical (unpaired) electrons. The molecule has 2 aliphatic carbocycles. The summed E-state index contributed by atoms with van der Waals surface area (Å²) in [4.78, 5) is 0. The number of rotatable bonds is 5. The predicted octanol–water partition coefficient (Wildman–Crippen LogP) is 0.891. The summed E-state index contributed by atoms with van der Waals surface area (Å²) in [5.74, 6) is 2.02. The lowest BCUT2D eigenvalue weighted by molar-refractivity contribution is 0.332. The zero-order valence-corrected chi connectivity index (χ0v) is 12.5. The van der Waals surface area contributed by atoms with E-state index in [2.05, 4.69) is 14.9 Å². The summed E-state index contributed by atoms with van der Waals surface area (Å²) >= 11 is 0. The lowest BCUT2D eigenvalue weighted by Crippen LogP contribution is -2.32. The molecule has 3 unspecified atom stereocenters. The number of sulfonamides is 1. The van der Waals surface area contributed by atoms with Gasteiger partial charge in [0.15, 0.2) is 5.03 Å². The number of nitrogens with two attached hydrogens (primary N) is 1. The van der Waals surface area contributed by atoms with E-state index in [4.69, 9.17) is 5.73 Å². The highest BCUT2D eigenvalue weighted by Crippen LogP contribution is 2.48. The Kier molecular flexibility index (Phi) is 3.60. The molecule has 6 nitrogen and oxygen atoms in total. The molecule has 7 heteroatoms. The second kappa shape index (κ2) is 5.13. The molecule has 2 bridgehead atoms. The van der Waals surface area contributed by atoms with Crippen LogP contribution < -0.4 is 10.5 Å². The molecule has 0 aliphatic heterocycles. The molecule has 3 rings (SSSR count). The average Bonchev–Trinajstić information content (AvgIpc) is 3.10. The van der Waals surface area contributed by atoms with Crippen LogP contribution in [0.3, 0.4) is 0 Å². The van der Waals surface area contributed by atoms with Gasteiger partial charge in [-0.25, -0.2) is 13.1 Å². The van der Waals surface area contributed by atoms with Crippen molar-refractivity contribution < 1.29 is 8.42 Å². The number of nitrogens with zero attached hydrogens (tertiary/aromatic N) is 1. The first-order chi connectivity index (χ1) is 9.51. The van der Waals surface area contributed by atoms with Crippen molar-refractivity contribution in [3.8, 4) is 0 Å². The van der Waals surface area contributed by atoms with Crippen LogP contribution in [0.4, 0.5) is 0 Å². The van der Waals surface area contributed by atoms with Gasteiger partial charge in [-0.05, 0) is 43.9 Å². The van der Waals surface area contributed by atoms with Crippen LogP contribution in [0.25, 0.3) is 0 Å². The summed E-state index contributed by atoms with van der Waals surface area (Å²) in [5.41, 5.74) is 6.90. The highest BCUT2D eigenvalue weighted by atomic mass is 32.2. The normalized spacial score (nSPS) is 29.2. The smallest absolute Gasteiger partial charge is 0.260 e. The molecule has 2 aliphatic rings. The third kappa shape index (κ3) is 2.38. The highest BCUT2D eigenvalue weighted by molar-refractivity contribution is 7.89. The Morgan fingerprint density at radius 1 is 1.40 bits per heavy atom. The second-order valence-electron chi connectivity index (χ2n) is 6.12. The van der Waals surface area contributed by atoms with E-state index in [1.165, 1.54) is 19.3 Å². The Hall–Kier alpha value is -0.920. The van der Waals surface area contributed by atoms with Crippen LogP contribution in [0.5, 0.6) is 0 Å². The van der Waals surface area contributed by atoms with Crippen molar-refractivity contribution in [1.82, 2.24) is 14.9 Å². The fourth-order valence-electron chi connectivity index (χ4n) is 3.80. The van der Waals surface area contributed by atoms with Gasteiger partial charge in [0.1, 0.15) is 0 Å². The third-order valence-corrected chi connectivity index (χ3v) is 6.31. The van der Waals surface area contributed by atoms with E-state index in [-0.39, 0.29) is 11.6 Å². The maximum atomic E-state index is 12.3. The molecule has 3 atom stereocenters. The van der Waals surface area contributed by atoms with E-state index < -0.39 is 10.0 Å². The summed E-state index contributed by atoms with van der Waals surface area (Å²) in [5, 5.41) is 6.65. The maximum Gasteiger partial charge on any atom is 0.260 e. The van der Waals surface area contributed by atoms with Crippen molar-refractivity contribution in [2.75, 3.05) is 6.54 Å². The van der Waals surface area contributed by atoms with Crippen LogP contribution in [0.2, 0.25) is 0 Å². The number of aromatic amines is 1. The SMILES string of the molecule is Cc1[nH]nc(S(=O)(=O)NCC2CC3CCC2C3)c1CN. The fraction of sp³-hybridized carbons (Fsp3) is 0.769. The van der Waals surface area contributed by atoms with E-state index in [0.29, 0.717) is 29.6 Å². The van der Waals surface area contributed by atoms with Crippen LogP contribution in [0.1, 0.15) is 36.9 Å². The molecule has 0 spiro atoms. The van der Waals surface area contributed by atoms with Crippen LogP contribution in [0.15, 0.2) is 5.03 Å². The number of fused-ring (bicyclic) bond motifs is 2. The fourth-order valence-corrected chi connectivity index (χ4v) is 5.10. The van der Waals surface area contributed by atoms with Gasteiger partial charge in [-0.2, -0.15) is 5.10 Å². The minimum atomic E-state index is -3.56. The van der Waals surface area contributed by atoms with Gasteiger partial charge < -0.3 is 5.73 Å². The summed E-state index contributed by atoms with van der Waals surface area (Å²) in [6.07, 6.45) is 5.02. The molecule has 20 heavy (non-hydrogen) atoms. The molecule has 2 saturated carbocycles. The number of aryl methyl sites for hydroxylation is 1. The Balaban J connectivity index is 1.69. The van der Waals surface area contributed by atoms with Crippen LogP contribution in [-0.4, -0.2) is 25.2 Å². The van der Waals surface area contributed by atoms with Gasteiger partial charge in [0.05, 0.1) is 0 Å². The quantitative estimate of drug-likeness (QED) is 0.751. The minimum absolute atomic E-state index is 0.0562. The summed E-state index contributed by atoms with van der Waals surface area (Å²) in [7, 11) is -3.56. The van der Waals surface area contributed by atoms with Crippen molar-refractivity contribution in [2.45, 2.75) is 44.2 Å². The zero-order chi connectivity index (χ0) is 14.3. The Morgan fingerprint density at radius 2 is 2.20 bits per heavy atom. The van der Waals surface area contributed by atoms with Crippen LogP contribution in [-0.2, 0) is 16.6 Å². The van der Waals surface area contributed by atoms with Crippen molar-refractivity contribution in [1.29, 1.82) is 0 Å². The Bertz CT molecular complexity index is 596. The molecule has 0 amide bonds. The number of hydrogen-bond acceptors (Lipinski definition) is 4. The number of hydrogen-bond donors (Lipinski definition) is 3. The second-order valence-corrected chi connectivity index (χ2v) is 7.81. The van der Waals surface area contributed by atoms with E-state index in [1.54, 1.807) is 6.92 Å². The highest BCUT2D eigenvalue weighted by Gasteiger charge is 2.39. The molecule has 2 fully saturated rings. The maximum absolute atomic E-state index is 12.3. The monoisotopic (exact) mass is 298 g/mol. The summed E-state index contributed by atoms with van der Waals surface area (Å²) in [6, 6.07) is 0. The van der Waals surface area contributed by atoms with E-state index in [1.807, 2.05) is 0 Å². The van der Waals surface area contributed by atoms with Gasteiger partial charge in [-0.15, -0.1) is 0 Å². The van der Waals surface area contributed by atoms with E-state index >= 15 is 0 Å². The number of aromatic nitrogens is 2. The van der Waals surface area contributed by atoms with Crippen molar-refractivity contribution in [3.05, 3.63) is 11.3 Å². The lowest BCUT2D eigenvalue weighted by Gasteiger charge is -2.21. The molecular formula is C13H22N4O2S. The predicted molar refractivity (Wildman–Crippen MR) is 75.3 cm³/mol. The van der Waals surface area contributed by atoms with Gasteiger partial charge >= 0.3 is 0 Å². The average molecular weight is 298 g/mol. The topological polar surface area (TPSA) is 101 Å². The first-order valence-electron chi connectivity index (χ1n) is 7.25. The molecule has 1 heterocycles. The molecule has 112 valence electrons. The molecular weight excluding hydrogens is 276 g/mol. The van der Waals surface area contributed by atoms with Gasteiger partial charge in [-0.1, -0.05) is 6.42 Å². The number of nitrogens with one attached hydrogen (secondary N) is 2. The zero-order valence-electron chi connectivity index (χ0n) is 11.7. The van der Waals surface area contributed by atoms with Gasteiger partial charge in [0.25, 0.3) is 10.0 Å². The molecule has 1 aromatic rings. The Morgan fingerprint density at radius 3 is 2.80 bits per heavy atom. The van der Waals surface area contributed by atoms with Gasteiger partial charge in [0.2, 0.25) is 0 Å². The van der Waals surface area contributed by atoms with E-state index in [0.717, 1.165) is 12.3 Å². The Labute approximate surface area is 119 Å². The standard InChI is InChI=1S/C13H22N4O2S/c1-8-12(6-14)13(17-16-8)20(18,19)15-7-11-5-9-2-3-10(11)4-9/h9-11,15H,2-7,14H2,1H3,(H,16,17). The van der Waals surface area contributed by atoms with E-state index in [9.17, 15) is 8.42 Å². The largest absolute Gasteiger partial charge is 0.326 e. The molecule has 0 aromatic carbocycles. The molecule has 0 saturated heterocycles. The first-order valence-corrected chi connectivity index (χ1v) is 8.73. The molecule has 4 N–H and O–H groups in total.